The Kier molecular flexibility index (Phi) is 3.73. The van der Waals surface area contributed by atoms with Crippen molar-refractivity contribution in [3.63, 3.8) is 0 Å². The highest BCUT2D eigenvalue weighted by molar-refractivity contribution is 8.01. The molecule has 6 heteroatoms. The Labute approximate surface area is 84.1 Å². The standard InChI is InChI=1S/C7H7N3OS2/c1-3-4-12-7-10-9-6(13-7)8-5(2)11/h1H,4H2,2H3,(H,8,9,11). The predicted molar refractivity (Wildman–Crippen MR) is 53.8 cm³/mol. The van der Waals surface area contributed by atoms with Crippen LogP contribution in [-0.2, 0) is 4.79 Å². The highest BCUT2D eigenvalue weighted by Crippen LogP contribution is 2.24. The van der Waals surface area contributed by atoms with Crippen molar-refractivity contribution in [3.8, 4) is 12.3 Å². The minimum Gasteiger partial charge on any atom is -0.301 e. The third kappa shape index (κ3) is 3.44. The molecule has 4 nitrogen and oxygen atoms in total. The van der Waals surface area contributed by atoms with Gasteiger partial charge in [-0.15, -0.1) is 16.6 Å². The van der Waals surface area contributed by atoms with Crippen LogP contribution in [-0.4, -0.2) is 21.9 Å². The fourth-order valence-electron chi connectivity index (χ4n) is 0.573. The van der Waals surface area contributed by atoms with E-state index in [4.69, 9.17) is 6.42 Å². The lowest BCUT2D eigenvalue weighted by atomic mass is 10.7. The first-order chi connectivity index (χ1) is 6.22. The summed E-state index contributed by atoms with van der Waals surface area (Å²) in [5.41, 5.74) is 0. The number of nitrogens with one attached hydrogen (secondary N) is 1. The van der Waals surface area contributed by atoms with E-state index in [0.717, 1.165) is 4.34 Å². The largest absolute Gasteiger partial charge is 0.301 e. The molecule has 1 amide bonds. The number of terminal acetylenes is 1. The van der Waals surface area contributed by atoms with Gasteiger partial charge in [-0.05, 0) is 0 Å². The van der Waals surface area contributed by atoms with Gasteiger partial charge in [0.1, 0.15) is 0 Å². The number of hydrogen-bond donors (Lipinski definition) is 1. The third-order valence-electron chi connectivity index (χ3n) is 0.968. The van der Waals surface area contributed by atoms with Gasteiger partial charge in [-0.3, -0.25) is 4.79 Å². The maximum atomic E-state index is 10.6. The monoisotopic (exact) mass is 213 g/mol. The normalized spacial score (nSPS) is 9.23. The summed E-state index contributed by atoms with van der Waals surface area (Å²) in [4.78, 5) is 10.6. The number of amides is 1. The summed E-state index contributed by atoms with van der Waals surface area (Å²) in [6.07, 6.45) is 5.08. The van der Waals surface area contributed by atoms with Gasteiger partial charge in [0, 0.05) is 6.92 Å². The van der Waals surface area contributed by atoms with Crippen molar-refractivity contribution in [1.82, 2.24) is 10.2 Å². The number of nitrogens with zero attached hydrogens (tertiary/aromatic N) is 2. The van der Waals surface area contributed by atoms with Crippen molar-refractivity contribution in [2.45, 2.75) is 11.3 Å². The summed E-state index contributed by atoms with van der Waals surface area (Å²) in [7, 11) is 0. The molecule has 13 heavy (non-hydrogen) atoms. The second-order valence-corrected chi connectivity index (χ2v) is 4.25. The quantitative estimate of drug-likeness (QED) is 0.466. The van der Waals surface area contributed by atoms with Crippen LogP contribution in [0.3, 0.4) is 0 Å². The van der Waals surface area contributed by atoms with Crippen LogP contribution in [0.1, 0.15) is 6.92 Å². The number of carbonyl (C=O) groups excluding carboxylic acids is 1. The van der Waals surface area contributed by atoms with Gasteiger partial charge >= 0.3 is 0 Å². The van der Waals surface area contributed by atoms with Crippen molar-refractivity contribution in [2.24, 2.45) is 0 Å². The number of anilines is 1. The highest BCUT2D eigenvalue weighted by Gasteiger charge is 2.04. The molecule has 0 spiro atoms. The minimum absolute atomic E-state index is 0.148. The molecule has 0 aromatic carbocycles. The number of hydrogen-bond acceptors (Lipinski definition) is 5. The molecule has 0 radical (unpaired) electrons. The third-order valence-corrected chi connectivity index (χ3v) is 2.84. The zero-order valence-electron chi connectivity index (χ0n) is 6.90. The van der Waals surface area contributed by atoms with Crippen LogP contribution in [0.2, 0.25) is 0 Å². The summed E-state index contributed by atoms with van der Waals surface area (Å²) in [6, 6.07) is 0. The van der Waals surface area contributed by atoms with E-state index in [0.29, 0.717) is 10.9 Å². The molecule has 0 saturated heterocycles. The van der Waals surface area contributed by atoms with Crippen molar-refractivity contribution in [3.05, 3.63) is 0 Å². The van der Waals surface area contributed by atoms with E-state index in [2.05, 4.69) is 21.4 Å². The molecule has 0 aliphatic carbocycles. The second kappa shape index (κ2) is 4.84. The number of aromatic nitrogens is 2. The Bertz CT molecular complexity index is 342. The molecule has 0 atom stereocenters. The van der Waals surface area contributed by atoms with Gasteiger partial charge in [0.05, 0.1) is 5.75 Å². The molecule has 1 rings (SSSR count). The van der Waals surface area contributed by atoms with Crippen LogP contribution in [0.25, 0.3) is 0 Å². The van der Waals surface area contributed by atoms with Crippen molar-refractivity contribution < 1.29 is 4.79 Å². The topological polar surface area (TPSA) is 54.9 Å². The van der Waals surface area contributed by atoms with Gasteiger partial charge in [0.25, 0.3) is 0 Å². The highest BCUT2D eigenvalue weighted by atomic mass is 32.2. The van der Waals surface area contributed by atoms with Gasteiger partial charge in [0.15, 0.2) is 4.34 Å². The zero-order chi connectivity index (χ0) is 9.68. The lowest BCUT2D eigenvalue weighted by molar-refractivity contribution is -0.114. The number of carbonyl (C=O) groups is 1. The average molecular weight is 213 g/mol. The van der Waals surface area contributed by atoms with Gasteiger partial charge in [-0.2, -0.15) is 0 Å². The second-order valence-electron chi connectivity index (χ2n) is 2.05. The van der Waals surface area contributed by atoms with Gasteiger partial charge in [-0.25, -0.2) is 0 Å². The molecular formula is C7H7N3OS2. The molecule has 1 N–H and O–H groups in total. The maximum Gasteiger partial charge on any atom is 0.223 e. The molecule has 1 aromatic heterocycles. The summed E-state index contributed by atoms with van der Waals surface area (Å²) >= 11 is 2.74. The van der Waals surface area contributed by atoms with E-state index in [1.54, 1.807) is 0 Å². The molecule has 0 bridgehead atoms. The Morgan fingerprint density at radius 2 is 2.54 bits per heavy atom. The summed E-state index contributed by atoms with van der Waals surface area (Å²) in [6.45, 7) is 1.43. The fraction of sp³-hybridized carbons (Fsp3) is 0.286. The summed E-state index contributed by atoms with van der Waals surface area (Å²) in [5, 5.41) is 10.6. The van der Waals surface area contributed by atoms with Crippen molar-refractivity contribution in [1.29, 1.82) is 0 Å². The Hall–Kier alpha value is -1.06. The molecule has 0 unspecified atom stereocenters. The lowest BCUT2D eigenvalue weighted by Gasteiger charge is -1.90. The van der Waals surface area contributed by atoms with E-state index in [-0.39, 0.29) is 5.91 Å². The number of rotatable bonds is 3. The molecule has 68 valence electrons. The van der Waals surface area contributed by atoms with Crippen LogP contribution in [0.15, 0.2) is 4.34 Å². The van der Waals surface area contributed by atoms with Crippen molar-refractivity contribution in [2.75, 3.05) is 11.1 Å². The number of thioether (sulfide) groups is 1. The first-order valence-electron chi connectivity index (χ1n) is 3.39. The van der Waals surface area contributed by atoms with E-state index < -0.39 is 0 Å². The first kappa shape index (κ1) is 10.0. The molecule has 0 fully saturated rings. The van der Waals surface area contributed by atoms with E-state index in [9.17, 15) is 4.79 Å². The molecule has 1 aromatic rings. The Morgan fingerprint density at radius 1 is 1.77 bits per heavy atom. The fourth-order valence-corrected chi connectivity index (χ4v) is 2.05. The molecule has 0 aliphatic heterocycles. The van der Waals surface area contributed by atoms with Crippen molar-refractivity contribution >= 4 is 34.1 Å². The molecule has 0 aliphatic rings. The summed E-state index contributed by atoms with van der Waals surface area (Å²) < 4.78 is 0.765. The Morgan fingerprint density at radius 3 is 3.15 bits per heavy atom. The van der Waals surface area contributed by atoms with Gasteiger partial charge in [0.2, 0.25) is 11.0 Å². The zero-order valence-corrected chi connectivity index (χ0v) is 8.54. The van der Waals surface area contributed by atoms with Gasteiger partial charge in [-0.1, -0.05) is 29.0 Å². The summed E-state index contributed by atoms with van der Waals surface area (Å²) in [5.74, 6) is 2.90. The maximum absolute atomic E-state index is 10.6. The minimum atomic E-state index is -0.148. The molecule has 0 saturated carbocycles. The van der Waals surface area contributed by atoms with Crippen LogP contribution < -0.4 is 5.32 Å². The smallest absolute Gasteiger partial charge is 0.223 e. The SMILES string of the molecule is C#CCSc1nnc(NC(C)=O)s1. The predicted octanol–water partition coefficient (Wildman–Crippen LogP) is 1.22. The van der Waals surface area contributed by atoms with Gasteiger partial charge < -0.3 is 5.32 Å². The van der Waals surface area contributed by atoms with E-state index in [1.165, 1.54) is 30.0 Å². The van der Waals surface area contributed by atoms with E-state index >= 15 is 0 Å². The van der Waals surface area contributed by atoms with Crippen LogP contribution in [0, 0.1) is 12.3 Å². The molecular weight excluding hydrogens is 206 g/mol. The molecule has 1 heterocycles. The van der Waals surface area contributed by atoms with E-state index in [1.807, 2.05) is 0 Å². The first-order valence-corrected chi connectivity index (χ1v) is 5.20. The Balaban J connectivity index is 2.54. The van der Waals surface area contributed by atoms with Crippen LogP contribution in [0.5, 0.6) is 0 Å². The van der Waals surface area contributed by atoms with Crippen LogP contribution in [0.4, 0.5) is 5.13 Å². The van der Waals surface area contributed by atoms with Crippen LogP contribution >= 0.6 is 23.1 Å². The average Bonchev–Trinajstić information content (AvgIpc) is 2.48. The lowest BCUT2D eigenvalue weighted by Crippen LogP contribution is -2.04.